The van der Waals surface area contributed by atoms with Gasteiger partial charge in [-0.05, 0) is 48.2 Å². The van der Waals surface area contributed by atoms with Crippen molar-refractivity contribution in [3.8, 4) is 5.75 Å². The van der Waals surface area contributed by atoms with Crippen molar-refractivity contribution in [3.63, 3.8) is 0 Å². The van der Waals surface area contributed by atoms with E-state index in [0.29, 0.717) is 12.6 Å². The van der Waals surface area contributed by atoms with Gasteiger partial charge in [0.1, 0.15) is 5.75 Å². The maximum absolute atomic E-state index is 11.2. The number of hydrogen-bond acceptors (Lipinski definition) is 5. The number of rotatable bonds is 10. The molecule has 33 heavy (non-hydrogen) atoms. The van der Waals surface area contributed by atoms with Gasteiger partial charge in [0, 0.05) is 49.6 Å². The Morgan fingerprint density at radius 2 is 1.88 bits per heavy atom. The molecule has 170 valence electrons. The molecule has 2 heterocycles. The van der Waals surface area contributed by atoms with Gasteiger partial charge in [0.25, 0.3) is 0 Å². The number of ether oxygens (including phenoxy) is 1. The van der Waals surface area contributed by atoms with Crippen LogP contribution in [0.4, 0.5) is 5.95 Å². The van der Waals surface area contributed by atoms with Gasteiger partial charge < -0.3 is 19.3 Å². The van der Waals surface area contributed by atoms with E-state index < -0.39 is 5.97 Å². The summed E-state index contributed by atoms with van der Waals surface area (Å²) in [5, 5.41) is 10.1. The van der Waals surface area contributed by atoms with Crippen LogP contribution in [0.1, 0.15) is 23.1 Å². The van der Waals surface area contributed by atoms with E-state index in [1.54, 1.807) is 0 Å². The van der Waals surface area contributed by atoms with E-state index in [0.717, 1.165) is 47.3 Å². The predicted molar refractivity (Wildman–Crippen MR) is 129 cm³/mol. The number of fused-ring (bicyclic) bond motifs is 1. The Morgan fingerprint density at radius 3 is 2.61 bits per heavy atom. The van der Waals surface area contributed by atoms with Crippen LogP contribution in [0.5, 0.6) is 5.75 Å². The van der Waals surface area contributed by atoms with Crippen LogP contribution >= 0.6 is 0 Å². The third-order valence-corrected chi connectivity index (χ3v) is 5.49. The Labute approximate surface area is 193 Å². The van der Waals surface area contributed by atoms with Crippen LogP contribution < -0.4 is 9.64 Å². The summed E-state index contributed by atoms with van der Waals surface area (Å²) in [6.45, 7) is 3.97. The van der Waals surface area contributed by atoms with Gasteiger partial charge in [-0.25, -0.2) is 9.97 Å². The van der Waals surface area contributed by atoms with Crippen molar-refractivity contribution in [2.24, 2.45) is 7.05 Å². The molecule has 2 aromatic carbocycles. The Kier molecular flexibility index (Phi) is 6.88. The lowest BCUT2D eigenvalue weighted by Gasteiger charge is -2.23. The molecule has 7 heteroatoms. The van der Waals surface area contributed by atoms with E-state index in [1.807, 2.05) is 73.5 Å². The smallest absolute Gasteiger partial charge is 0.307 e. The topological polar surface area (TPSA) is 80.5 Å². The zero-order valence-corrected chi connectivity index (χ0v) is 18.9. The molecule has 0 fully saturated rings. The largest absolute Gasteiger partial charge is 0.494 e. The fourth-order valence-corrected chi connectivity index (χ4v) is 3.89. The molecule has 0 aliphatic carbocycles. The van der Waals surface area contributed by atoms with Gasteiger partial charge in [0.05, 0.1) is 13.0 Å². The van der Waals surface area contributed by atoms with Crippen LogP contribution in [0.2, 0.25) is 0 Å². The Balaban J connectivity index is 1.41. The van der Waals surface area contributed by atoms with E-state index in [2.05, 4.69) is 27.0 Å². The molecular formula is C26H28N4O3. The fourth-order valence-electron chi connectivity index (χ4n) is 3.89. The van der Waals surface area contributed by atoms with E-state index in [4.69, 9.17) is 4.74 Å². The molecule has 1 N–H and O–H groups in total. The van der Waals surface area contributed by atoms with Gasteiger partial charge in [0.15, 0.2) is 0 Å². The molecule has 4 rings (SSSR count). The summed E-state index contributed by atoms with van der Waals surface area (Å²) in [5.41, 5.74) is 4.00. The molecule has 0 amide bonds. The molecule has 0 atom stereocenters. The minimum absolute atomic E-state index is 0.00815. The Bertz CT molecular complexity index is 1220. The first-order valence-corrected chi connectivity index (χ1v) is 11.0. The van der Waals surface area contributed by atoms with Crippen molar-refractivity contribution in [1.29, 1.82) is 0 Å². The first-order chi connectivity index (χ1) is 16.0. The Hall–Kier alpha value is -3.87. The molecule has 0 unspecified atom stereocenters. The standard InChI is InChI=1S/C26H28N4O3/c1-19-15-27-26(28-16-19)30(17-20-7-4-3-5-8-20)11-6-12-33-22-9-10-24-23(14-22)21(13-25(31)32)18-29(24)2/h3-5,7-10,14-16,18H,6,11-13,17H2,1-2H3,(H,31,32). The number of hydrogen-bond donors (Lipinski definition) is 1. The van der Waals surface area contributed by atoms with Crippen molar-refractivity contribution in [2.75, 3.05) is 18.1 Å². The lowest BCUT2D eigenvalue weighted by molar-refractivity contribution is -0.136. The summed E-state index contributed by atoms with van der Waals surface area (Å²) in [7, 11) is 1.92. The number of anilines is 1. The monoisotopic (exact) mass is 444 g/mol. The second kappa shape index (κ2) is 10.2. The molecule has 0 saturated carbocycles. The lowest BCUT2D eigenvalue weighted by Crippen LogP contribution is -2.27. The minimum Gasteiger partial charge on any atom is -0.494 e. The van der Waals surface area contributed by atoms with E-state index in [9.17, 15) is 9.90 Å². The normalized spacial score (nSPS) is 11.0. The number of aromatic nitrogens is 3. The van der Waals surface area contributed by atoms with E-state index in [1.165, 1.54) is 5.56 Å². The highest BCUT2D eigenvalue weighted by Gasteiger charge is 2.12. The van der Waals surface area contributed by atoms with Crippen LogP contribution in [0.25, 0.3) is 10.9 Å². The molecule has 7 nitrogen and oxygen atoms in total. The zero-order chi connectivity index (χ0) is 23.2. The average molecular weight is 445 g/mol. The van der Waals surface area contributed by atoms with Crippen molar-refractivity contribution >= 4 is 22.8 Å². The van der Waals surface area contributed by atoms with Gasteiger partial charge in [-0.1, -0.05) is 30.3 Å². The highest BCUT2D eigenvalue weighted by atomic mass is 16.5. The third-order valence-electron chi connectivity index (χ3n) is 5.49. The summed E-state index contributed by atoms with van der Waals surface area (Å²) >= 11 is 0. The number of aliphatic carboxylic acids is 1. The number of carbonyl (C=O) groups is 1. The van der Waals surface area contributed by atoms with Crippen LogP contribution in [0, 0.1) is 6.92 Å². The number of carboxylic acids is 1. The number of nitrogens with zero attached hydrogens (tertiary/aromatic N) is 4. The molecule has 0 aliphatic rings. The van der Waals surface area contributed by atoms with Crippen molar-refractivity contribution in [3.05, 3.63) is 83.8 Å². The molecule has 0 spiro atoms. The molecular weight excluding hydrogens is 416 g/mol. The molecule has 4 aromatic rings. The second-order valence-corrected chi connectivity index (χ2v) is 8.18. The van der Waals surface area contributed by atoms with Gasteiger partial charge >= 0.3 is 5.97 Å². The van der Waals surface area contributed by atoms with Crippen LogP contribution in [0.3, 0.4) is 0 Å². The Morgan fingerprint density at radius 1 is 1.12 bits per heavy atom. The number of benzene rings is 2. The van der Waals surface area contributed by atoms with Gasteiger partial charge in [-0.3, -0.25) is 4.79 Å². The fraction of sp³-hybridized carbons (Fsp3) is 0.269. The molecule has 0 saturated heterocycles. The van der Waals surface area contributed by atoms with Crippen molar-refractivity contribution < 1.29 is 14.6 Å². The highest BCUT2D eigenvalue weighted by molar-refractivity contribution is 5.88. The van der Waals surface area contributed by atoms with E-state index in [-0.39, 0.29) is 6.42 Å². The summed E-state index contributed by atoms with van der Waals surface area (Å²) in [6.07, 6.45) is 6.32. The van der Waals surface area contributed by atoms with Crippen LogP contribution in [-0.4, -0.2) is 38.8 Å². The average Bonchev–Trinajstić information content (AvgIpc) is 3.11. The van der Waals surface area contributed by atoms with Crippen molar-refractivity contribution in [1.82, 2.24) is 14.5 Å². The molecule has 0 aliphatic heterocycles. The quantitative estimate of drug-likeness (QED) is 0.366. The van der Waals surface area contributed by atoms with Gasteiger partial charge in [-0.15, -0.1) is 0 Å². The third kappa shape index (κ3) is 5.68. The van der Waals surface area contributed by atoms with Gasteiger partial charge in [-0.2, -0.15) is 0 Å². The maximum Gasteiger partial charge on any atom is 0.307 e. The number of aryl methyl sites for hydroxylation is 2. The molecule has 2 aromatic heterocycles. The first kappa shape index (κ1) is 22.3. The summed E-state index contributed by atoms with van der Waals surface area (Å²) in [6, 6.07) is 16.1. The molecule has 0 bridgehead atoms. The lowest BCUT2D eigenvalue weighted by atomic mass is 10.1. The van der Waals surface area contributed by atoms with E-state index >= 15 is 0 Å². The van der Waals surface area contributed by atoms with Crippen molar-refractivity contribution in [2.45, 2.75) is 26.3 Å². The number of carboxylic acid groups (broad SMARTS) is 1. The first-order valence-electron chi connectivity index (χ1n) is 11.0. The summed E-state index contributed by atoms with van der Waals surface area (Å²) < 4.78 is 7.96. The van der Waals surface area contributed by atoms with Crippen LogP contribution in [0.15, 0.2) is 67.1 Å². The molecule has 0 radical (unpaired) electrons. The zero-order valence-electron chi connectivity index (χ0n) is 18.9. The maximum atomic E-state index is 11.2. The summed E-state index contributed by atoms with van der Waals surface area (Å²) in [5.74, 6) is 0.598. The summed E-state index contributed by atoms with van der Waals surface area (Å²) in [4.78, 5) is 22.4. The SMILES string of the molecule is Cc1cnc(N(CCCOc2ccc3c(c2)c(CC(=O)O)cn3C)Cc2ccccc2)nc1. The predicted octanol–water partition coefficient (Wildman–Crippen LogP) is 4.38. The van der Waals surface area contributed by atoms with Crippen LogP contribution in [-0.2, 0) is 24.8 Å². The highest BCUT2D eigenvalue weighted by Crippen LogP contribution is 2.26. The second-order valence-electron chi connectivity index (χ2n) is 8.18. The van der Waals surface area contributed by atoms with Gasteiger partial charge in [0.2, 0.25) is 5.95 Å². The minimum atomic E-state index is -0.842.